The summed E-state index contributed by atoms with van der Waals surface area (Å²) in [6.45, 7) is 3.71. The lowest BCUT2D eigenvalue weighted by atomic mass is 10.2. The SMILES string of the molecule is CC=Cc1nnc(-c2ccc(N3C[C@H](CNC(C)=O)OC3=O)cc2F)s1. The molecule has 0 bridgehead atoms. The van der Waals surface area contributed by atoms with Crippen LogP contribution in [0.2, 0.25) is 0 Å². The predicted octanol–water partition coefficient (Wildman–Crippen LogP) is 2.84. The third kappa shape index (κ3) is 3.88. The van der Waals surface area contributed by atoms with Crippen molar-refractivity contribution in [1.82, 2.24) is 15.5 Å². The van der Waals surface area contributed by atoms with E-state index in [0.717, 1.165) is 0 Å². The van der Waals surface area contributed by atoms with Crippen molar-refractivity contribution in [1.29, 1.82) is 0 Å². The van der Waals surface area contributed by atoms with Crippen LogP contribution in [0.3, 0.4) is 0 Å². The first-order valence-corrected chi connectivity index (χ1v) is 8.78. The first-order valence-electron chi connectivity index (χ1n) is 7.96. The summed E-state index contributed by atoms with van der Waals surface area (Å²) in [5.41, 5.74) is 0.712. The van der Waals surface area contributed by atoms with E-state index >= 15 is 0 Å². The molecule has 0 radical (unpaired) electrons. The van der Waals surface area contributed by atoms with Crippen LogP contribution in [-0.2, 0) is 9.53 Å². The van der Waals surface area contributed by atoms with Crippen molar-refractivity contribution in [3.05, 3.63) is 35.1 Å². The summed E-state index contributed by atoms with van der Waals surface area (Å²) < 4.78 is 19.7. The Hall–Kier alpha value is -2.81. The molecule has 0 spiro atoms. The Morgan fingerprint density at radius 1 is 1.50 bits per heavy atom. The van der Waals surface area contributed by atoms with E-state index in [0.29, 0.717) is 21.3 Å². The molecule has 1 aromatic heterocycles. The van der Waals surface area contributed by atoms with Crippen molar-refractivity contribution in [3.63, 3.8) is 0 Å². The number of hydrogen-bond donors (Lipinski definition) is 1. The molecule has 1 N–H and O–H groups in total. The van der Waals surface area contributed by atoms with E-state index in [4.69, 9.17) is 4.74 Å². The van der Waals surface area contributed by atoms with Crippen LogP contribution in [0.4, 0.5) is 14.9 Å². The Balaban J connectivity index is 1.76. The van der Waals surface area contributed by atoms with Gasteiger partial charge in [0.25, 0.3) is 0 Å². The summed E-state index contributed by atoms with van der Waals surface area (Å²) in [5.74, 6) is -0.701. The highest BCUT2D eigenvalue weighted by Crippen LogP contribution is 2.31. The largest absolute Gasteiger partial charge is 0.442 e. The summed E-state index contributed by atoms with van der Waals surface area (Å²) >= 11 is 1.28. The van der Waals surface area contributed by atoms with Gasteiger partial charge in [-0.25, -0.2) is 9.18 Å². The Bertz CT molecular complexity index is 867. The highest BCUT2D eigenvalue weighted by atomic mass is 32.1. The number of aromatic nitrogens is 2. The topological polar surface area (TPSA) is 84.4 Å². The van der Waals surface area contributed by atoms with Crippen molar-refractivity contribution in [2.24, 2.45) is 0 Å². The summed E-state index contributed by atoms with van der Waals surface area (Å²) in [6.07, 6.45) is 2.59. The molecular weight excluding hydrogens is 359 g/mol. The smallest absolute Gasteiger partial charge is 0.414 e. The average Bonchev–Trinajstić information content (AvgIpc) is 3.20. The molecule has 9 heteroatoms. The molecule has 1 aliphatic heterocycles. The van der Waals surface area contributed by atoms with Crippen molar-refractivity contribution in [2.45, 2.75) is 20.0 Å². The van der Waals surface area contributed by atoms with E-state index in [1.54, 1.807) is 18.2 Å². The quantitative estimate of drug-likeness (QED) is 0.867. The number of cyclic esters (lactones) is 1. The lowest BCUT2D eigenvalue weighted by Crippen LogP contribution is -2.33. The lowest BCUT2D eigenvalue weighted by Gasteiger charge is -2.14. The van der Waals surface area contributed by atoms with Gasteiger partial charge in [0, 0.05) is 12.5 Å². The van der Waals surface area contributed by atoms with Crippen LogP contribution in [0.1, 0.15) is 18.9 Å². The van der Waals surface area contributed by atoms with Crippen molar-refractivity contribution in [3.8, 4) is 10.6 Å². The summed E-state index contributed by atoms with van der Waals surface area (Å²) in [5, 5.41) is 11.7. The van der Waals surface area contributed by atoms with Crippen LogP contribution in [0.15, 0.2) is 24.3 Å². The van der Waals surface area contributed by atoms with Gasteiger partial charge in [-0.3, -0.25) is 9.69 Å². The number of nitrogens with one attached hydrogen (secondary N) is 1. The van der Waals surface area contributed by atoms with Crippen molar-refractivity contribution < 1.29 is 18.7 Å². The fraction of sp³-hybridized carbons (Fsp3) is 0.294. The first kappa shape index (κ1) is 18.0. The summed E-state index contributed by atoms with van der Waals surface area (Å²) in [4.78, 5) is 24.3. The number of nitrogens with zero attached hydrogens (tertiary/aromatic N) is 3. The van der Waals surface area contributed by atoms with E-state index in [1.807, 2.05) is 13.0 Å². The monoisotopic (exact) mass is 376 g/mol. The normalized spacial score (nSPS) is 17.0. The maximum atomic E-state index is 14.5. The molecule has 0 saturated carbocycles. The third-order valence-corrected chi connectivity index (χ3v) is 4.62. The van der Waals surface area contributed by atoms with Gasteiger partial charge in [0.1, 0.15) is 16.9 Å². The van der Waals surface area contributed by atoms with Crippen LogP contribution in [0.25, 0.3) is 16.6 Å². The zero-order chi connectivity index (χ0) is 18.7. The number of carbonyl (C=O) groups is 2. The van der Waals surface area contributed by atoms with Crippen LogP contribution < -0.4 is 10.2 Å². The summed E-state index contributed by atoms with van der Waals surface area (Å²) in [6, 6.07) is 4.48. The molecule has 0 unspecified atom stereocenters. The first-order chi connectivity index (χ1) is 12.5. The van der Waals surface area contributed by atoms with Crippen molar-refractivity contribution in [2.75, 3.05) is 18.0 Å². The van der Waals surface area contributed by atoms with Crippen molar-refractivity contribution >= 4 is 35.1 Å². The molecule has 1 fully saturated rings. The molecule has 0 aliphatic carbocycles. The van der Waals surface area contributed by atoms with Gasteiger partial charge in [-0.1, -0.05) is 17.4 Å². The predicted molar refractivity (Wildman–Crippen MR) is 96.3 cm³/mol. The maximum Gasteiger partial charge on any atom is 0.414 e. The second-order valence-electron chi connectivity index (χ2n) is 5.66. The minimum Gasteiger partial charge on any atom is -0.442 e. The second kappa shape index (κ2) is 7.61. The number of amides is 2. The highest BCUT2D eigenvalue weighted by molar-refractivity contribution is 7.15. The van der Waals surface area contributed by atoms with Crippen LogP contribution >= 0.6 is 11.3 Å². The van der Waals surface area contributed by atoms with Crippen LogP contribution in [-0.4, -0.2) is 41.4 Å². The van der Waals surface area contributed by atoms with E-state index in [9.17, 15) is 14.0 Å². The summed E-state index contributed by atoms with van der Waals surface area (Å²) in [7, 11) is 0. The fourth-order valence-electron chi connectivity index (χ4n) is 2.49. The number of carbonyl (C=O) groups excluding carboxylic acids is 2. The number of benzene rings is 1. The molecule has 1 atom stereocenters. The number of hydrogen-bond acceptors (Lipinski definition) is 6. The minimum absolute atomic E-state index is 0.204. The molecule has 7 nitrogen and oxygen atoms in total. The van der Waals surface area contributed by atoms with E-state index in [1.165, 1.54) is 29.2 Å². The number of halogens is 1. The van der Waals surface area contributed by atoms with Gasteiger partial charge in [-0.05, 0) is 31.2 Å². The Kier molecular flexibility index (Phi) is 5.27. The van der Waals surface area contributed by atoms with E-state index in [2.05, 4.69) is 15.5 Å². The molecule has 1 aromatic carbocycles. The van der Waals surface area contributed by atoms with Gasteiger partial charge in [0.05, 0.1) is 18.8 Å². The number of rotatable bonds is 5. The van der Waals surface area contributed by atoms with Gasteiger partial charge < -0.3 is 10.1 Å². The molecule has 2 heterocycles. The Morgan fingerprint density at radius 2 is 2.31 bits per heavy atom. The minimum atomic E-state index is -0.571. The third-order valence-electron chi connectivity index (χ3n) is 3.70. The number of ether oxygens (including phenoxy) is 1. The molecule has 136 valence electrons. The number of allylic oxidation sites excluding steroid dienone is 1. The zero-order valence-corrected chi connectivity index (χ0v) is 15.0. The van der Waals surface area contributed by atoms with Gasteiger partial charge in [0.2, 0.25) is 5.91 Å². The standard InChI is InChI=1S/C17H17FN4O3S/c1-3-4-15-20-21-16(26-15)13-6-5-11(7-14(13)18)22-9-12(25-17(22)24)8-19-10(2)23/h3-7,12H,8-9H2,1-2H3,(H,19,23)/t12-/m0/s1. The number of anilines is 1. The Morgan fingerprint density at radius 3 is 3.00 bits per heavy atom. The average molecular weight is 376 g/mol. The maximum absolute atomic E-state index is 14.5. The molecule has 1 aliphatic rings. The zero-order valence-electron chi connectivity index (χ0n) is 14.2. The molecule has 1 saturated heterocycles. The molecule has 2 aromatic rings. The van der Waals surface area contributed by atoms with E-state index in [-0.39, 0.29) is 19.0 Å². The van der Waals surface area contributed by atoms with Crippen LogP contribution in [0, 0.1) is 5.82 Å². The molecular formula is C17H17FN4O3S. The molecule has 3 rings (SSSR count). The molecule has 2 amide bonds. The van der Waals surface area contributed by atoms with Crippen LogP contribution in [0.5, 0.6) is 0 Å². The fourth-order valence-corrected chi connectivity index (χ4v) is 3.34. The van der Waals surface area contributed by atoms with Gasteiger partial charge in [-0.2, -0.15) is 0 Å². The van der Waals surface area contributed by atoms with Gasteiger partial charge >= 0.3 is 6.09 Å². The van der Waals surface area contributed by atoms with Gasteiger partial charge in [-0.15, -0.1) is 10.2 Å². The molecule has 26 heavy (non-hydrogen) atoms. The van der Waals surface area contributed by atoms with Gasteiger partial charge in [0.15, 0.2) is 5.01 Å². The Labute approximate surface area is 153 Å². The lowest BCUT2D eigenvalue weighted by molar-refractivity contribution is -0.119. The second-order valence-corrected chi connectivity index (χ2v) is 6.67. The van der Waals surface area contributed by atoms with E-state index < -0.39 is 18.0 Å². The highest BCUT2D eigenvalue weighted by Gasteiger charge is 2.32.